The van der Waals surface area contributed by atoms with E-state index in [0.29, 0.717) is 33.8 Å². The van der Waals surface area contributed by atoms with Crippen LogP contribution in [0, 0.1) is 0 Å². The van der Waals surface area contributed by atoms with Crippen molar-refractivity contribution in [1.29, 1.82) is 0 Å². The molecule has 0 atom stereocenters. The largest absolute Gasteiger partial charge is 0.455 e. The molecular formula is C25H22BrN3O3. The fourth-order valence-electron chi connectivity index (χ4n) is 3.30. The van der Waals surface area contributed by atoms with Crippen LogP contribution >= 0.6 is 15.9 Å². The summed E-state index contributed by atoms with van der Waals surface area (Å²) in [5, 5.41) is 4.91. The van der Waals surface area contributed by atoms with Crippen LogP contribution < -0.4 is 5.56 Å². The van der Waals surface area contributed by atoms with E-state index in [9.17, 15) is 9.59 Å². The van der Waals surface area contributed by atoms with Gasteiger partial charge in [0.25, 0.3) is 5.56 Å². The van der Waals surface area contributed by atoms with Crippen molar-refractivity contribution in [2.45, 2.75) is 33.1 Å². The Balaban J connectivity index is 1.73. The Hall–Kier alpha value is -3.32. The molecule has 0 saturated carbocycles. The summed E-state index contributed by atoms with van der Waals surface area (Å²) in [6.45, 7) is 7.49. The lowest BCUT2D eigenvalue weighted by Crippen LogP contribution is -2.29. The van der Waals surface area contributed by atoms with E-state index in [1.165, 1.54) is 17.8 Å². The second-order valence-corrected chi connectivity index (χ2v) is 9.46. The van der Waals surface area contributed by atoms with Gasteiger partial charge in [0.05, 0.1) is 17.1 Å². The fourth-order valence-corrected chi connectivity index (χ4v) is 3.66. The summed E-state index contributed by atoms with van der Waals surface area (Å²) in [6, 6.07) is 16.2. The summed E-state index contributed by atoms with van der Waals surface area (Å²) in [5.74, 6) is 1.71. The Morgan fingerprint density at radius 1 is 1.09 bits per heavy atom. The average Bonchev–Trinajstić information content (AvgIpc) is 3.21. The monoisotopic (exact) mass is 491 g/mol. The van der Waals surface area contributed by atoms with Crippen LogP contribution in [0.15, 0.2) is 73.4 Å². The minimum absolute atomic E-state index is 0.0138. The first-order valence-electron chi connectivity index (χ1n) is 10.1. The van der Waals surface area contributed by atoms with Gasteiger partial charge in [0, 0.05) is 21.0 Å². The van der Waals surface area contributed by atoms with E-state index in [-0.39, 0.29) is 11.3 Å². The third kappa shape index (κ3) is 4.34. The number of fused-ring (bicyclic) bond motifs is 1. The van der Waals surface area contributed by atoms with Crippen LogP contribution in [0.2, 0.25) is 0 Å². The molecule has 4 aromatic rings. The van der Waals surface area contributed by atoms with Gasteiger partial charge < -0.3 is 4.42 Å². The van der Waals surface area contributed by atoms with Gasteiger partial charge in [-0.25, -0.2) is 4.98 Å². The second-order valence-electron chi connectivity index (χ2n) is 8.54. The zero-order chi connectivity index (χ0) is 23.0. The Bertz CT molecular complexity index is 1410. The highest BCUT2D eigenvalue weighted by atomic mass is 79.9. The molecule has 162 valence electrons. The van der Waals surface area contributed by atoms with Crippen molar-refractivity contribution in [2.24, 2.45) is 5.10 Å². The standard InChI is InChI=1S/C25H22BrN3O3/c1-15(30)16-5-7-17(8-6-16)22-12-10-19(32-22)14-27-29-23(31)20-13-18(26)9-11-21(20)28-24(29)25(2,3)4/h5-14H,1-4H3. The lowest BCUT2D eigenvalue weighted by Gasteiger charge is -2.20. The Morgan fingerprint density at radius 3 is 2.47 bits per heavy atom. The zero-order valence-corrected chi connectivity index (χ0v) is 19.8. The van der Waals surface area contributed by atoms with E-state index < -0.39 is 5.41 Å². The van der Waals surface area contributed by atoms with Crippen molar-refractivity contribution >= 4 is 38.8 Å². The van der Waals surface area contributed by atoms with Crippen LogP contribution in [0.25, 0.3) is 22.2 Å². The number of aromatic nitrogens is 2. The van der Waals surface area contributed by atoms with E-state index in [1.54, 1.807) is 24.3 Å². The van der Waals surface area contributed by atoms with E-state index >= 15 is 0 Å². The van der Waals surface area contributed by atoms with Crippen molar-refractivity contribution < 1.29 is 9.21 Å². The molecule has 0 spiro atoms. The second kappa shape index (κ2) is 8.31. The molecule has 0 bridgehead atoms. The van der Waals surface area contributed by atoms with Crippen LogP contribution in [-0.2, 0) is 5.41 Å². The molecule has 2 heterocycles. The molecule has 2 aromatic carbocycles. The summed E-state index contributed by atoms with van der Waals surface area (Å²) >= 11 is 3.41. The summed E-state index contributed by atoms with van der Waals surface area (Å²) < 4.78 is 8.02. The molecule has 0 aliphatic rings. The quantitative estimate of drug-likeness (QED) is 0.267. The zero-order valence-electron chi connectivity index (χ0n) is 18.2. The van der Waals surface area contributed by atoms with Gasteiger partial charge >= 0.3 is 0 Å². The molecule has 0 saturated heterocycles. The maximum atomic E-state index is 13.2. The predicted molar refractivity (Wildman–Crippen MR) is 130 cm³/mol. The molecule has 4 rings (SSSR count). The lowest BCUT2D eigenvalue weighted by molar-refractivity contribution is 0.101. The molecule has 0 unspecified atom stereocenters. The Morgan fingerprint density at radius 2 is 1.81 bits per heavy atom. The SMILES string of the molecule is CC(=O)c1ccc(-c2ccc(C=Nn3c(C(C)(C)C)nc4ccc(Br)cc4c3=O)o2)cc1. The molecule has 7 heteroatoms. The lowest BCUT2D eigenvalue weighted by atomic mass is 9.95. The van der Waals surface area contributed by atoms with Gasteiger partial charge in [0.2, 0.25) is 0 Å². The van der Waals surface area contributed by atoms with E-state index in [0.717, 1.165) is 10.0 Å². The molecule has 0 aliphatic carbocycles. The third-order valence-corrected chi connectivity index (χ3v) is 5.48. The average molecular weight is 492 g/mol. The van der Waals surface area contributed by atoms with Crippen molar-refractivity contribution in [3.05, 3.63) is 86.6 Å². The number of Topliss-reactive ketones (excluding diaryl/α,β-unsaturated/α-hetero) is 1. The summed E-state index contributed by atoms with van der Waals surface area (Å²) in [6.07, 6.45) is 1.51. The number of carbonyl (C=O) groups is 1. The first-order chi connectivity index (χ1) is 15.1. The van der Waals surface area contributed by atoms with Crippen molar-refractivity contribution in [3.63, 3.8) is 0 Å². The summed E-state index contributed by atoms with van der Waals surface area (Å²) in [5.41, 5.74) is 1.48. The number of furan rings is 1. The predicted octanol–water partition coefficient (Wildman–Crippen LogP) is 5.80. The van der Waals surface area contributed by atoms with E-state index in [1.807, 2.05) is 51.1 Å². The number of benzene rings is 2. The number of ketones is 1. The van der Waals surface area contributed by atoms with Gasteiger partial charge in [-0.2, -0.15) is 9.78 Å². The highest BCUT2D eigenvalue weighted by Gasteiger charge is 2.23. The minimum atomic E-state index is -0.398. The molecule has 32 heavy (non-hydrogen) atoms. The number of carbonyl (C=O) groups excluding carboxylic acids is 1. The van der Waals surface area contributed by atoms with Gasteiger partial charge in [0.1, 0.15) is 17.3 Å². The smallest absolute Gasteiger partial charge is 0.282 e. The molecule has 0 N–H and O–H groups in total. The molecule has 0 amide bonds. The normalized spacial score (nSPS) is 12.0. The van der Waals surface area contributed by atoms with Gasteiger partial charge in [-0.3, -0.25) is 9.59 Å². The maximum absolute atomic E-state index is 13.2. The third-order valence-electron chi connectivity index (χ3n) is 4.98. The molecule has 0 aliphatic heterocycles. The molecular weight excluding hydrogens is 470 g/mol. The van der Waals surface area contributed by atoms with Gasteiger partial charge in [-0.1, -0.05) is 61.0 Å². The number of hydrogen-bond acceptors (Lipinski definition) is 5. The van der Waals surface area contributed by atoms with Crippen LogP contribution in [0.4, 0.5) is 0 Å². The van der Waals surface area contributed by atoms with Crippen LogP contribution in [0.3, 0.4) is 0 Å². The van der Waals surface area contributed by atoms with E-state index in [2.05, 4.69) is 21.0 Å². The molecule has 0 fully saturated rings. The summed E-state index contributed by atoms with van der Waals surface area (Å²) in [4.78, 5) is 29.4. The summed E-state index contributed by atoms with van der Waals surface area (Å²) in [7, 11) is 0. The number of nitrogens with zero attached hydrogens (tertiary/aromatic N) is 3. The van der Waals surface area contributed by atoms with Crippen LogP contribution in [0.5, 0.6) is 0 Å². The molecule has 0 radical (unpaired) electrons. The number of halogens is 1. The van der Waals surface area contributed by atoms with Crippen molar-refractivity contribution in [3.8, 4) is 11.3 Å². The van der Waals surface area contributed by atoms with Crippen LogP contribution in [0.1, 0.15) is 49.6 Å². The minimum Gasteiger partial charge on any atom is -0.455 e. The van der Waals surface area contributed by atoms with Gasteiger partial charge in [-0.05, 0) is 37.3 Å². The Kier molecular flexibility index (Phi) is 5.69. The number of hydrogen-bond donors (Lipinski definition) is 0. The van der Waals surface area contributed by atoms with Crippen LogP contribution in [-0.4, -0.2) is 21.7 Å². The first-order valence-corrected chi connectivity index (χ1v) is 10.9. The Labute approximate surface area is 193 Å². The highest BCUT2D eigenvalue weighted by molar-refractivity contribution is 9.10. The highest BCUT2D eigenvalue weighted by Crippen LogP contribution is 2.24. The first kappa shape index (κ1) is 21.9. The fraction of sp³-hybridized carbons (Fsp3) is 0.200. The maximum Gasteiger partial charge on any atom is 0.282 e. The topological polar surface area (TPSA) is 77.5 Å². The molecule has 6 nitrogen and oxygen atoms in total. The van der Waals surface area contributed by atoms with Gasteiger partial charge in [0.15, 0.2) is 5.78 Å². The van der Waals surface area contributed by atoms with Gasteiger partial charge in [-0.15, -0.1) is 0 Å². The van der Waals surface area contributed by atoms with Crippen molar-refractivity contribution in [2.75, 3.05) is 0 Å². The van der Waals surface area contributed by atoms with E-state index in [4.69, 9.17) is 9.40 Å². The molecule has 2 aromatic heterocycles. The van der Waals surface area contributed by atoms with Crippen molar-refractivity contribution in [1.82, 2.24) is 9.66 Å². The number of rotatable bonds is 4.